The monoisotopic (exact) mass is 355 g/mol. The number of rotatable bonds is 3. The minimum absolute atomic E-state index is 0.125. The number of hydrogen-bond acceptors (Lipinski definition) is 4. The van der Waals surface area contributed by atoms with Crippen LogP contribution in [0.15, 0.2) is 47.0 Å². The van der Waals surface area contributed by atoms with Crippen LogP contribution < -0.4 is 4.90 Å². The third kappa shape index (κ3) is 2.96. The van der Waals surface area contributed by atoms with Gasteiger partial charge in [0.2, 0.25) is 17.6 Å². The Balaban J connectivity index is 1.55. The van der Waals surface area contributed by atoms with E-state index in [-0.39, 0.29) is 29.9 Å². The average molecular weight is 355 g/mol. The molecule has 1 saturated heterocycles. The minimum atomic E-state index is -0.352. The van der Waals surface area contributed by atoms with E-state index in [1.165, 1.54) is 23.1 Å². The summed E-state index contributed by atoms with van der Waals surface area (Å²) < 4.78 is 32.1. The van der Waals surface area contributed by atoms with E-state index in [1.54, 1.807) is 31.2 Å². The maximum atomic E-state index is 13.8. The molecule has 0 spiro atoms. The maximum absolute atomic E-state index is 13.8. The molecule has 1 unspecified atom stereocenters. The molecule has 1 aliphatic rings. The van der Waals surface area contributed by atoms with Crippen LogP contribution in [0.2, 0.25) is 0 Å². The lowest BCUT2D eigenvalue weighted by Gasteiger charge is -2.16. The van der Waals surface area contributed by atoms with Crippen molar-refractivity contribution in [3.05, 3.63) is 65.6 Å². The third-order valence-electron chi connectivity index (χ3n) is 4.49. The van der Waals surface area contributed by atoms with Gasteiger partial charge in [-0.3, -0.25) is 4.79 Å². The molecule has 2 aromatic carbocycles. The Hall–Kier alpha value is -3.09. The molecule has 3 aromatic rings. The van der Waals surface area contributed by atoms with Gasteiger partial charge in [0.15, 0.2) is 0 Å². The zero-order valence-corrected chi connectivity index (χ0v) is 13.9. The molecular weight excluding hydrogens is 340 g/mol. The highest BCUT2D eigenvalue weighted by Gasteiger charge is 2.35. The lowest BCUT2D eigenvalue weighted by Crippen LogP contribution is -2.24. The summed E-state index contributed by atoms with van der Waals surface area (Å²) in [6, 6.07) is 10.5. The first kappa shape index (κ1) is 16.4. The Morgan fingerprint density at radius 3 is 2.65 bits per heavy atom. The minimum Gasteiger partial charge on any atom is -0.339 e. The molecule has 1 fully saturated rings. The van der Waals surface area contributed by atoms with Crippen LogP contribution in [0.25, 0.3) is 11.4 Å². The van der Waals surface area contributed by atoms with Gasteiger partial charge in [0.05, 0.1) is 5.92 Å². The summed E-state index contributed by atoms with van der Waals surface area (Å²) in [4.78, 5) is 18.2. The van der Waals surface area contributed by atoms with E-state index in [0.29, 0.717) is 35.1 Å². The highest BCUT2D eigenvalue weighted by molar-refractivity contribution is 5.96. The van der Waals surface area contributed by atoms with Crippen molar-refractivity contribution >= 4 is 11.6 Å². The van der Waals surface area contributed by atoms with Crippen molar-refractivity contribution in [2.24, 2.45) is 0 Å². The number of amides is 1. The number of benzene rings is 2. The quantitative estimate of drug-likeness (QED) is 0.716. The fourth-order valence-electron chi connectivity index (χ4n) is 2.99. The second-order valence-corrected chi connectivity index (χ2v) is 6.30. The molecule has 7 heteroatoms. The Morgan fingerprint density at radius 1 is 1.15 bits per heavy atom. The van der Waals surface area contributed by atoms with Crippen LogP contribution in [-0.2, 0) is 4.79 Å². The van der Waals surface area contributed by atoms with Crippen molar-refractivity contribution < 1.29 is 18.1 Å². The van der Waals surface area contributed by atoms with Crippen LogP contribution in [0.1, 0.15) is 23.8 Å². The summed E-state index contributed by atoms with van der Waals surface area (Å²) >= 11 is 0. The molecular formula is C19H15F2N3O2. The number of carbonyl (C=O) groups excluding carboxylic acids is 1. The summed E-state index contributed by atoms with van der Waals surface area (Å²) in [5.41, 5.74) is 1.67. The second-order valence-electron chi connectivity index (χ2n) is 6.30. The number of carbonyl (C=O) groups is 1. The van der Waals surface area contributed by atoms with E-state index in [0.717, 1.165) is 0 Å². The van der Waals surface area contributed by atoms with Crippen LogP contribution in [-0.4, -0.2) is 22.6 Å². The predicted octanol–water partition coefficient (Wildman–Crippen LogP) is 3.84. The first-order valence-electron chi connectivity index (χ1n) is 8.17. The third-order valence-corrected chi connectivity index (χ3v) is 4.49. The SMILES string of the molecule is Cc1ccc(N2CC(c3nc(-c4ccc(F)cc4)no3)CC2=O)cc1F. The number of aryl methyl sites for hydroxylation is 1. The highest BCUT2D eigenvalue weighted by atomic mass is 19.1. The summed E-state index contributed by atoms with van der Waals surface area (Å²) in [7, 11) is 0. The first-order chi connectivity index (χ1) is 12.5. The summed E-state index contributed by atoms with van der Waals surface area (Å²) in [6.45, 7) is 2.01. The second kappa shape index (κ2) is 6.33. The first-order valence-corrected chi connectivity index (χ1v) is 8.17. The lowest BCUT2D eigenvalue weighted by molar-refractivity contribution is -0.117. The van der Waals surface area contributed by atoms with Crippen molar-refractivity contribution in [3.63, 3.8) is 0 Å². The van der Waals surface area contributed by atoms with Gasteiger partial charge in [-0.2, -0.15) is 4.98 Å². The smallest absolute Gasteiger partial charge is 0.232 e. The standard InChI is InChI=1S/C19H15F2N3O2/c1-11-2-7-15(9-16(11)21)24-10-13(8-17(24)25)19-22-18(23-26-19)12-3-5-14(20)6-4-12/h2-7,9,13H,8,10H2,1H3. The summed E-state index contributed by atoms with van der Waals surface area (Å²) in [5.74, 6) is -0.414. The molecule has 0 saturated carbocycles. The van der Waals surface area contributed by atoms with Crippen molar-refractivity contribution in [2.45, 2.75) is 19.3 Å². The molecule has 5 nitrogen and oxygen atoms in total. The van der Waals surface area contributed by atoms with Crippen molar-refractivity contribution in [1.29, 1.82) is 0 Å². The molecule has 1 atom stereocenters. The van der Waals surface area contributed by atoms with Crippen molar-refractivity contribution in [3.8, 4) is 11.4 Å². The molecule has 132 valence electrons. The Kier molecular flexibility index (Phi) is 3.99. The zero-order valence-electron chi connectivity index (χ0n) is 13.9. The fourth-order valence-corrected chi connectivity index (χ4v) is 2.99. The van der Waals surface area contributed by atoms with Gasteiger partial charge in [0, 0.05) is 24.2 Å². The predicted molar refractivity (Wildman–Crippen MR) is 90.5 cm³/mol. The molecule has 1 aliphatic heterocycles. The number of halogens is 2. The highest BCUT2D eigenvalue weighted by Crippen LogP contribution is 2.32. The largest absolute Gasteiger partial charge is 0.339 e. The van der Waals surface area contributed by atoms with Crippen LogP contribution in [0, 0.1) is 18.6 Å². The zero-order chi connectivity index (χ0) is 18.3. The van der Waals surface area contributed by atoms with Crippen LogP contribution in [0.4, 0.5) is 14.5 Å². The van der Waals surface area contributed by atoms with E-state index >= 15 is 0 Å². The number of hydrogen-bond donors (Lipinski definition) is 0. The summed E-state index contributed by atoms with van der Waals surface area (Å²) in [6.07, 6.45) is 0.209. The molecule has 0 aliphatic carbocycles. The van der Waals surface area contributed by atoms with Gasteiger partial charge in [-0.15, -0.1) is 0 Å². The molecule has 0 N–H and O–H groups in total. The molecule has 1 amide bonds. The fraction of sp³-hybridized carbons (Fsp3) is 0.211. The molecule has 4 rings (SSSR count). The molecule has 0 bridgehead atoms. The Bertz CT molecular complexity index is 969. The van der Waals surface area contributed by atoms with E-state index in [4.69, 9.17) is 4.52 Å². The molecule has 0 radical (unpaired) electrons. The number of nitrogens with zero attached hydrogens (tertiary/aromatic N) is 3. The van der Waals surface area contributed by atoms with Gasteiger partial charge in [-0.05, 0) is 48.9 Å². The number of aromatic nitrogens is 2. The lowest BCUT2D eigenvalue weighted by atomic mass is 10.1. The maximum Gasteiger partial charge on any atom is 0.232 e. The van der Waals surface area contributed by atoms with Crippen LogP contribution in [0.3, 0.4) is 0 Å². The van der Waals surface area contributed by atoms with Gasteiger partial charge in [-0.1, -0.05) is 11.2 Å². The topological polar surface area (TPSA) is 59.2 Å². The van der Waals surface area contributed by atoms with Gasteiger partial charge >= 0.3 is 0 Å². The Labute approximate surface area is 148 Å². The molecule has 2 heterocycles. The average Bonchev–Trinajstić information content (AvgIpc) is 3.25. The normalized spacial score (nSPS) is 17.1. The van der Waals surface area contributed by atoms with Gasteiger partial charge in [0.25, 0.3) is 0 Å². The molecule has 26 heavy (non-hydrogen) atoms. The van der Waals surface area contributed by atoms with E-state index in [2.05, 4.69) is 10.1 Å². The van der Waals surface area contributed by atoms with Crippen molar-refractivity contribution in [2.75, 3.05) is 11.4 Å². The van der Waals surface area contributed by atoms with E-state index in [9.17, 15) is 13.6 Å². The van der Waals surface area contributed by atoms with Crippen LogP contribution in [0.5, 0.6) is 0 Å². The Morgan fingerprint density at radius 2 is 1.92 bits per heavy atom. The summed E-state index contributed by atoms with van der Waals surface area (Å²) in [5, 5.41) is 3.91. The van der Waals surface area contributed by atoms with E-state index < -0.39 is 0 Å². The van der Waals surface area contributed by atoms with Crippen molar-refractivity contribution in [1.82, 2.24) is 10.1 Å². The van der Waals surface area contributed by atoms with Crippen LogP contribution >= 0.6 is 0 Å². The number of anilines is 1. The van der Waals surface area contributed by atoms with E-state index in [1.807, 2.05) is 0 Å². The van der Waals surface area contributed by atoms with Gasteiger partial charge in [0.1, 0.15) is 11.6 Å². The van der Waals surface area contributed by atoms with Gasteiger partial charge < -0.3 is 9.42 Å². The molecule has 1 aromatic heterocycles. The van der Waals surface area contributed by atoms with Gasteiger partial charge in [-0.25, -0.2) is 8.78 Å².